The Morgan fingerprint density at radius 3 is 2.53 bits per heavy atom. The summed E-state index contributed by atoms with van der Waals surface area (Å²) in [5, 5.41) is 0. The number of carbonyl (C=O) groups is 1. The lowest BCUT2D eigenvalue weighted by Crippen LogP contribution is -2.20. The molecule has 0 fully saturated rings. The number of alkyl halides is 4. The molecular weight excluding hydrogens is 385 g/mol. The van der Waals surface area contributed by atoms with Gasteiger partial charge in [-0.05, 0) is 28.7 Å². The fraction of sp³-hybridized carbons (Fsp3) is 0.400. The predicted molar refractivity (Wildman–Crippen MR) is 64.2 cm³/mol. The molecule has 0 bridgehead atoms. The molecule has 0 N–H and O–H groups in total. The molecule has 4 nitrogen and oxygen atoms in total. The van der Waals surface area contributed by atoms with E-state index in [0.29, 0.717) is 0 Å². The average Bonchev–Trinajstić information content (AvgIpc) is 2.30. The zero-order valence-corrected chi connectivity index (χ0v) is 11.7. The molecule has 0 radical (unpaired) electrons. The van der Waals surface area contributed by atoms with E-state index in [9.17, 15) is 22.4 Å². The highest BCUT2D eigenvalue weighted by molar-refractivity contribution is 14.1. The third kappa shape index (κ3) is 4.80. The largest absolute Gasteiger partial charge is 0.574 e. The first-order valence-electron chi connectivity index (χ1n) is 4.83. The second-order valence-electron chi connectivity index (χ2n) is 3.34. The Kier molecular flexibility index (Phi) is 5.32. The number of carbonyl (C=O) groups excluding carboxylic acids is 1. The average molecular weight is 393 g/mol. The first-order valence-corrected chi connectivity index (χ1v) is 5.91. The van der Waals surface area contributed by atoms with Gasteiger partial charge in [-0.15, -0.1) is 13.2 Å². The Labute approximate surface area is 119 Å². The van der Waals surface area contributed by atoms with Crippen LogP contribution in [-0.2, 0) is 22.6 Å². The van der Waals surface area contributed by atoms with Crippen LogP contribution in [0.25, 0.3) is 0 Å². The number of hydrogen-bond donors (Lipinski definition) is 0. The molecule has 0 aliphatic rings. The number of ether oxygens (including phenoxy) is 2. The summed E-state index contributed by atoms with van der Waals surface area (Å²) in [5.74, 6) is -1.56. The van der Waals surface area contributed by atoms with Crippen LogP contribution < -0.4 is 4.74 Å². The first kappa shape index (κ1) is 15.9. The van der Waals surface area contributed by atoms with Gasteiger partial charge in [0.25, 0.3) is 0 Å². The van der Waals surface area contributed by atoms with Gasteiger partial charge in [-0.25, -0.2) is 9.37 Å². The van der Waals surface area contributed by atoms with E-state index >= 15 is 0 Å². The summed E-state index contributed by atoms with van der Waals surface area (Å²) in [6, 6.07) is 1.10. The molecule has 0 amide bonds. The first-order chi connectivity index (χ1) is 8.76. The van der Waals surface area contributed by atoms with Crippen LogP contribution in [0, 0.1) is 3.70 Å². The van der Waals surface area contributed by atoms with Gasteiger partial charge in [0.05, 0.1) is 13.5 Å². The Bertz CT molecular complexity index is 479. The van der Waals surface area contributed by atoms with Gasteiger partial charge < -0.3 is 9.47 Å². The number of pyridine rings is 1. The summed E-state index contributed by atoms with van der Waals surface area (Å²) in [5.41, 5.74) is -0.105. The fourth-order valence-electron chi connectivity index (χ4n) is 1.21. The molecule has 0 saturated carbocycles. The van der Waals surface area contributed by atoms with Crippen molar-refractivity contribution in [1.29, 1.82) is 0 Å². The molecular formula is C10H8F4INO3. The Balaban J connectivity index is 3.18. The Hall–Kier alpha value is -1.13. The van der Waals surface area contributed by atoms with E-state index in [1.165, 1.54) is 0 Å². The molecule has 19 heavy (non-hydrogen) atoms. The zero-order chi connectivity index (χ0) is 14.6. The van der Waals surface area contributed by atoms with E-state index in [1.807, 2.05) is 0 Å². The summed E-state index contributed by atoms with van der Waals surface area (Å²) < 4.78 is 57.3. The van der Waals surface area contributed by atoms with Crippen molar-refractivity contribution < 1.29 is 31.8 Å². The van der Waals surface area contributed by atoms with Crippen molar-refractivity contribution >= 4 is 28.6 Å². The molecule has 0 aliphatic carbocycles. The van der Waals surface area contributed by atoms with Crippen molar-refractivity contribution in [1.82, 2.24) is 4.98 Å². The summed E-state index contributed by atoms with van der Waals surface area (Å²) in [6.45, 7) is -0.911. The lowest BCUT2D eigenvalue weighted by atomic mass is 10.1. The second-order valence-corrected chi connectivity index (χ2v) is 4.36. The maximum Gasteiger partial charge on any atom is 0.574 e. The van der Waals surface area contributed by atoms with Crippen LogP contribution in [0.15, 0.2) is 6.07 Å². The highest BCUT2D eigenvalue weighted by atomic mass is 127. The summed E-state index contributed by atoms with van der Waals surface area (Å²) in [6.07, 6.45) is -5.43. The van der Waals surface area contributed by atoms with Crippen molar-refractivity contribution in [3.8, 4) is 5.88 Å². The van der Waals surface area contributed by atoms with Crippen LogP contribution in [-0.4, -0.2) is 24.4 Å². The van der Waals surface area contributed by atoms with Crippen molar-refractivity contribution in [2.45, 2.75) is 19.5 Å². The molecule has 0 aliphatic heterocycles. The number of rotatable bonds is 4. The third-order valence-corrected chi connectivity index (χ3v) is 2.94. The van der Waals surface area contributed by atoms with Gasteiger partial charge in [0.15, 0.2) is 0 Å². The maximum atomic E-state index is 12.6. The van der Waals surface area contributed by atoms with Crippen LogP contribution in [0.4, 0.5) is 17.6 Å². The van der Waals surface area contributed by atoms with Gasteiger partial charge in [0.1, 0.15) is 10.4 Å². The number of esters is 1. The molecule has 0 saturated heterocycles. The van der Waals surface area contributed by atoms with Crippen molar-refractivity contribution in [3.63, 3.8) is 0 Å². The van der Waals surface area contributed by atoms with Gasteiger partial charge in [-0.3, -0.25) is 4.79 Å². The molecule has 0 aromatic carbocycles. The lowest BCUT2D eigenvalue weighted by Gasteiger charge is -2.13. The van der Waals surface area contributed by atoms with Crippen LogP contribution in [0.1, 0.15) is 11.1 Å². The highest BCUT2D eigenvalue weighted by Crippen LogP contribution is 2.28. The minimum absolute atomic E-state index is 0.0352. The molecule has 0 spiro atoms. The molecule has 0 unspecified atom stereocenters. The van der Waals surface area contributed by atoms with Crippen molar-refractivity contribution in [2.24, 2.45) is 0 Å². The number of methoxy groups -OCH3 is 1. The normalized spacial score (nSPS) is 11.3. The quantitative estimate of drug-likeness (QED) is 0.342. The molecule has 1 rings (SSSR count). The predicted octanol–water partition coefficient (Wildman–Crippen LogP) is 2.77. The number of aromatic nitrogens is 1. The summed E-state index contributed by atoms with van der Waals surface area (Å²) in [7, 11) is 1.09. The fourth-order valence-corrected chi connectivity index (χ4v) is 1.73. The molecule has 0 atom stereocenters. The van der Waals surface area contributed by atoms with Gasteiger partial charge in [-0.2, -0.15) is 0 Å². The smallest absolute Gasteiger partial charge is 0.469 e. The monoisotopic (exact) mass is 393 g/mol. The van der Waals surface area contributed by atoms with E-state index in [2.05, 4.69) is 14.5 Å². The maximum absolute atomic E-state index is 12.6. The van der Waals surface area contributed by atoms with Gasteiger partial charge >= 0.3 is 12.3 Å². The van der Waals surface area contributed by atoms with E-state index < -0.39 is 31.3 Å². The standard InChI is InChI=1S/C10H8F4INO3/c1-18-7(17)3-5-2-6(4-11)8(15)16-9(5)19-10(12,13)14/h2H,3-4H2,1H3. The summed E-state index contributed by atoms with van der Waals surface area (Å²) in [4.78, 5) is 14.6. The molecule has 1 aromatic rings. The van der Waals surface area contributed by atoms with Crippen molar-refractivity contribution in [2.75, 3.05) is 7.11 Å². The van der Waals surface area contributed by atoms with E-state index in [-0.39, 0.29) is 14.8 Å². The van der Waals surface area contributed by atoms with Crippen molar-refractivity contribution in [3.05, 3.63) is 20.9 Å². The number of hydrogen-bond acceptors (Lipinski definition) is 4. The highest BCUT2D eigenvalue weighted by Gasteiger charge is 2.33. The minimum atomic E-state index is -4.95. The zero-order valence-electron chi connectivity index (χ0n) is 9.55. The second kappa shape index (κ2) is 6.35. The van der Waals surface area contributed by atoms with Gasteiger partial charge in [0.2, 0.25) is 5.88 Å². The SMILES string of the molecule is COC(=O)Cc1cc(CF)c(I)nc1OC(F)(F)F. The number of nitrogens with zero attached hydrogens (tertiary/aromatic N) is 1. The van der Waals surface area contributed by atoms with Crippen LogP contribution in [0.2, 0.25) is 0 Å². The van der Waals surface area contributed by atoms with E-state index in [4.69, 9.17) is 0 Å². The van der Waals surface area contributed by atoms with Crippen LogP contribution >= 0.6 is 22.6 Å². The van der Waals surface area contributed by atoms with Gasteiger partial charge in [-0.1, -0.05) is 0 Å². The molecule has 1 heterocycles. The van der Waals surface area contributed by atoms with Crippen LogP contribution in [0.3, 0.4) is 0 Å². The molecule has 106 valence electrons. The summed E-state index contributed by atoms with van der Waals surface area (Å²) >= 11 is 1.58. The number of halogens is 5. The molecule has 9 heteroatoms. The van der Waals surface area contributed by atoms with E-state index in [0.717, 1.165) is 13.2 Å². The topological polar surface area (TPSA) is 48.4 Å². The van der Waals surface area contributed by atoms with E-state index in [1.54, 1.807) is 22.6 Å². The van der Waals surface area contributed by atoms with Crippen LogP contribution in [0.5, 0.6) is 5.88 Å². The third-order valence-electron chi connectivity index (χ3n) is 2.01. The van der Waals surface area contributed by atoms with Gasteiger partial charge in [0, 0.05) is 11.1 Å². The Morgan fingerprint density at radius 2 is 2.05 bits per heavy atom. The minimum Gasteiger partial charge on any atom is -0.469 e. The Morgan fingerprint density at radius 1 is 1.42 bits per heavy atom. The lowest BCUT2D eigenvalue weighted by molar-refractivity contribution is -0.276. The molecule has 1 aromatic heterocycles.